The molecular weight excluding hydrogens is 410 g/mol. The number of aromatic nitrogens is 1. The number of H-pyrrole nitrogens is 1. The van der Waals surface area contributed by atoms with E-state index in [4.69, 9.17) is 16.3 Å². The molecule has 24 heavy (non-hydrogen) atoms. The summed E-state index contributed by atoms with van der Waals surface area (Å²) in [5.74, 6) is -3.32. The van der Waals surface area contributed by atoms with Crippen molar-refractivity contribution in [2.45, 2.75) is 27.2 Å². The number of benzene rings is 1. The van der Waals surface area contributed by atoms with Crippen molar-refractivity contribution in [2.75, 3.05) is 6.61 Å². The average molecular weight is 425 g/mol. The third-order valence-corrected chi connectivity index (χ3v) is 6.02. The van der Waals surface area contributed by atoms with E-state index in [1.165, 1.54) is 6.07 Å². The number of alkyl halides is 2. The molecule has 10 heteroatoms. The fourth-order valence-electron chi connectivity index (χ4n) is 2.84. The molecule has 1 fully saturated rings. The highest BCUT2D eigenvalue weighted by atomic mass is 79.9. The second-order valence-corrected chi connectivity index (χ2v) is 7.54. The number of hydrogen-bond donors (Lipinski definition) is 7. The lowest BCUT2D eigenvalue weighted by molar-refractivity contribution is -0.468. The summed E-state index contributed by atoms with van der Waals surface area (Å²) in [6, 6.07) is 8.17. The van der Waals surface area contributed by atoms with E-state index in [0.717, 1.165) is 0 Å². The fourth-order valence-corrected chi connectivity index (χ4v) is 3.68. The van der Waals surface area contributed by atoms with Crippen LogP contribution < -0.4 is 0 Å². The van der Waals surface area contributed by atoms with Crippen molar-refractivity contribution in [3.8, 4) is 0 Å². The number of halogens is 2. The smallest absolute Gasteiger partial charge is 0.310 e. The monoisotopic (exact) mass is 423 g/mol. The van der Waals surface area contributed by atoms with Gasteiger partial charge in [0, 0.05) is 5.52 Å². The standard InChI is InChI=1S/C14H15BrClNO7/c15-11(6-18)14(16,23)12(20,10(19)13(21,22)24-11)9-5-7-3-1-2-4-8(7)17-9/h1-5,10,17-23H,6H2/t10-,11-,12-,14-/m1/s1. The molecule has 7 N–H and O–H groups in total. The maximum absolute atomic E-state index is 11.0. The first-order valence-corrected chi connectivity index (χ1v) is 8.01. The van der Waals surface area contributed by atoms with E-state index >= 15 is 0 Å². The third kappa shape index (κ3) is 2.18. The summed E-state index contributed by atoms with van der Waals surface area (Å²) >= 11 is 8.82. The van der Waals surface area contributed by atoms with Gasteiger partial charge in [-0.05, 0) is 33.4 Å². The molecule has 0 aliphatic carbocycles. The quantitative estimate of drug-likeness (QED) is 0.251. The third-order valence-electron chi connectivity index (χ3n) is 4.21. The minimum absolute atomic E-state index is 0.207. The van der Waals surface area contributed by atoms with Crippen LogP contribution in [-0.4, -0.2) is 63.9 Å². The van der Waals surface area contributed by atoms with Gasteiger partial charge in [-0.3, -0.25) is 0 Å². The predicted octanol–water partition coefficient (Wildman–Crippen LogP) is -0.604. The Bertz CT molecular complexity index is 748. The second-order valence-electron chi connectivity index (χ2n) is 5.71. The van der Waals surface area contributed by atoms with Gasteiger partial charge in [0.25, 0.3) is 0 Å². The summed E-state index contributed by atoms with van der Waals surface area (Å²) in [4.78, 5) is 2.76. The molecule has 0 radical (unpaired) electrons. The van der Waals surface area contributed by atoms with Gasteiger partial charge in [0.2, 0.25) is 5.06 Å². The van der Waals surface area contributed by atoms with Crippen LogP contribution in [0.5, 0.6) is 0 Å². The molecule has 0 saturated carbocycles. The van der Waals surface area contributed by atoms with Crippen LogP contribution in [0.2, 0.25) is 0 Å². The van der Waals surface area contributed by atoms with Gasteiger partial charge >= 0.3 is 5.97 Å². The predicted molar refractivity (Wildman–Crippen MR) is 86.0 cm³/mol. The van der Waals surface area contributed by atoms with E-state index in [0.29, 0.717) is 10.9 Å². The number of aliphatic hydroxyl groups is 6. The van der Waals surface area contributed by atoms with Gasteiger partial charge < -0.3 is 40.4 Å². The highest BCUT2D eigenvalue weighted by molar-refractivity contribution is 9.10. The number of nitrogens with one attached hydrogen (secondary N) is 1. The highest BCUT2D eigenvalue weighted by Gasteiger charge is 2.75. The molecule has 132 valence electrons. The van der Waals surface area contributed by atoms with Crippen LogP contribution >= 0.6 is 27.5 Å². The van der Waals surface area contributed by atoms with Crippen LogP contribution in [0.15, 0.2) is 30.3 Å². The van der Waals surface area contributed by atoms with Gasteiger partial charge in [-0.2, -0.15) is 0 Å². The summed E-state index contributed by atoms with van der Waals surface area (Å²) in [7, 11) is 0. The number of aliphatic hydroxyl groups excluding tert-OH is 2. The Labute approximate surface area is 149 Å². The van der Waals surface area contributed by atoms with Gasteiger partial charge in [-0.25, -0.2) is 0 Å². The van der Waals surface area contributed by atoms with Crippen molar-refractivity contribution in [3.05, 3.63) is 36.0 Å². The number of rotatable bonds is 2. The average Bonchev–Trinajstić information content (AvgIpc) is 2.95. The lowest BCUT2D eigenvalue weighted by Gasteiger charge is -2.56. The molecule has 0 bridgehead atoms. The van der Waals surface area contributed by atoms with Crippen LogP contribution in [0, 0.1) is 0 Å². The molecular formula is C14H15BrClNO7. The van der Waals surface area contributed by atoms with Crippen molar-refractivity contribution in [1.82, 2.24) is 4.98 Å². The van der Waals surface area contributed by atoms with E-state index in [1.54, 1.807) is 24.3 Å². The number of aromatic amines is 1. The Morgan fingerprint density at radius 1 is 1.21 bits per heavy atom. The molecule has 2 heterocycles. The normalized spacial score (nSPS) is 39.2. The maximum atomic E-state index is 11.0. The molecule has 1 aromatic heterocycles. The minimum Gasteiger partial charge on any atom is -0.392 e. The SMILES string of the molecule is OC[C@@]1(Br)OC(O)(O)[C@H](O)[C@](O)(c2cc3ccccc3[nH]2)[C@@]1(O)Cl. The highest BCUT2D eigenvalue weighted by Crippen LogP contribution is 2.56. The van der Waals surface area contributed by atoms with Gasteiger partial charge in [0.15, 0.2) is 16.2 Å². The Balaban J connectivity index is 2.27. The molecule has 1 saturated heterocycles. The van der Waals surface area contributed by atoms with Gasteiger partial charge in [-0.15, -0.1) is 0 Å². The Morgan fingerprint density at radius 3 is 2.42 bits per heavy atom. The van der Waals surface area contributed by atoms with Crippen LogP contribution in [0.25, 0.3) is 10.9 Å². The number of hydrogen-bond acceptors (Lipinski definition) is 7. The summed E-state index contributed by atoms with van der Waals surface area (Å²) < 4.78 is 2.31. The molecule has 0 spiro atoms. The molecule has 3 rings (SSSR count). The number of fused-ring (bicyclic) bond motifs is 1. The van der Waals surface area contributed by atoms with E-state index in [9.17, 15) is 30.6 Å². The van der Waals surface area contributed by atoms with Crippen molar-refractivity contribution < 1.29 is 35.4 Å². The second kappa shape index (κ2) is 5.37. The molecule has 0 unspecified atom stereocenters. The van der Waals surface area contributed by atoms with Gasteiger partial charge in [0.05, 0.1) is 12.3 Å². The fraction of sp³-hybridized carbons (Fsp3) is 0.429. The van der Waals surface area contributed by atoms with Crippen molar-refractivity contribution in [3.63, 3.8) is 0 Å². The van der Waals surface area contributed by atoms with Gasteiger partial charge in [-0.1, -0.05) is 29.8 Å². The van der Waals surface area contributed by atoms with Gasteiger partial charge in [0.1, 0.15) is 0 Å². The van der Waals surface area contributed by atoms with E-state index < -0.39 is 33.9 Å². The van der Waals surface area contributed by atoms with E-state index in [-0.39, 0.29) is 5.69 Å². The molecule has 0 amide bonds. The van der Waals surface area contributed by atoms with Crippen molar-refractivity contribution in [2.24, 2.45) is 0 Å². The largest absolute Gasteiger partial charge is 0.392 e. The molecule has 1 aliphatic heterocycles. The zero-order chi connectivity index (χ0) is 18.0. The minimum atomic E-state index is -3.32. The molecule has 4 atom stereocenters. The first-order chi connectivity index (χ1) is 11.0. The Hall–Kier alpha value is -0.750. The summed E-state index contributed by atoms with van der Waals surface area (Å²) in [6.07, 6.45) is -2.47. The summed E-state index contributed by atoms with van der Waals surface area (Å²) in [5, 5.41) is 59.0. The molecule has 2 aromatic rings. The molecule has 8 nitrogen and oxygen atoms in total. The first kappa shape index (κ1) is 18.1. The van der Waals surface area contributed by atoms with Crippen LogP contribution in [0.4, 0.5) is 0 Å². The van der Waals surface area contributed by atoms with E-state index in [2.05, 4.69) is 20.9 Å². The van der Waals surface area contributed by atoms with Crippen LogP contribution in [0.3, 0.4) is 0 Å². The Kier molecular flexibility index (Phi) is 4.04. The van der Waals surface area contributed by atoms with Crippen LogP contribution in [-0.2, 0) is 10.3 Å². The maximum Gasteiger partial charge on any atom is 0.310 e. The number of ether oxygens (including phenoxy) is 1. The lowest BCUT2D eigenvalue weighted by atomic mass is 9.79. The van der Waals surface area contributed by atoms with E-state index in [1.807, 2.05) is 0 Å². The van der Waals surface area contributed by atoms with Crippen molar-refractivity contribution in [1.29, 1.82) is 0 Å². The van der Waals surface area contributed by atoms with Crippen LogP contribution in [0.1, 0.15) is 5.69 Å². The topological polar surface area (TPSA) is 146 Å². The zero-order valence-corrected chi connectivity index (χ0v) is 14.4. The Morgan fingerprint density at radius 2 is 1.83 bits per heavy atom. The molecule has 1 aromatic carbocycles. The number of para-hydroxylation sites is 1. The zero-order valence-electron chi connectivity index (χ0n) is 12.0. The lowest BCUT2D eigenvalue weighted by Crippen LogP contribution is -2.78. The van der Waals surface area contributed by atoms with Crippen molar-refractivity contribution >= 4 is 38.4 Å². The first-order valence-electron chi connectivity index (χ1n) is 6.84. The summed E-state index contributed by atoms with van der Waals surface area (Å²) in [5.41, 5.74) is -2.51. The summed E-state index contributed by atoms with van der Waals surface area (Å²) in [6.45, 7) is -1.05. The molecule has 1 aliphatic rings.